The first kappa shape index (κ1) is 17.8. The number of aromatic nitrogens is 3. The Bertz CT molecular complexity index is 1020. The molecule has 2 heterocycles. The summed E-state index contributed by atoms with van der Waals surface area (Å²) in [5.74, 6) is -0.712. The van der Waals surface area contributed by atoms with Crippen LogP contribution in [0.1, 0.15) is 34.0 Å². The third-order valence-electron chi connectivity index (χ3n) is 4.62. The number of nitrogens with one attached hydrogen (secondary N) is 3. The zero-order chi connectivity index (χ0) is 19.5. The lowest BCUT2D eigenvalue weighted by molar-refractivity contribution is -0.118. The molecule has 0 spiro atoms. The van der Waals surface area contributed by atoms with E-state index in [0.717, 1.165) is 11.1 Å². The molecule has 0 saturated heterocycles. The minimum atomic E-state index is -0.745. The minimum absolute atomic E-state index is 0.0477. The summed E-state index contributed by atoms with van der Waals surface area (Å²) in [5.41, 5.74) is 2.31. The Labute approximate surface area is 160 Å². The fourth-order valence-electron chi connectivity index (χ4n) is 3.17. The number of aryl methyl sites for hydroxylation is 1. The SMILES string of the molecule is O=C(N[C@H]1CCc2ccc(F)cc2NC1=O)c1nnc(Cc2ccccc2)[nH]1. The molecule has 0 aliphatic carbocycles. The summed E-state index contributed by atoms with van der Waals surface area (Å²) in [6, 6.07) is 13.2. The van der Waals surface area contributed by atoms with Gasteiger partial charge in [-0.2, -0.15) is 0 Å². The highest BCUT2D eigenvalue weighted by molar-refractivity contribution is 6.00. The summed E-state index contributed by atoms with van der Waals surface area (Å²) < 4.78 is 13.4. The van der Waals surface area contributed by atoms with Crippen molar-refractivity contribution in [2.45, 2.75) is 25.3 Å². The highest BCUT2D eigenvalue weighted by Crippen LogP contribution is 2.23. The van der Waals surface area contributed by atoms with Crippen LogP contribution in [0.5, 0.6) is 0 Å². The number of anilines is 1. The molecular formula is C20H18FN5O2. The minimum Gasteiger partial charge on any atom is -0.337 e. The number of fused-ring (bicyclic) bond motifs is 1. The maximum absolute atomic E-state index is 13.4. The highest BCUT2D eigenvalue weighted by Gasteiger charge is 2.26. The molecule has 3 N–H and O–H groups in total. The predicted octanol–water partition coefficient (Wildman–Crippen LogP) is 2.22. The lowest BCUT2D eigenvalue weighted by Gasteiger charge is -2.14. The molecule has 1 aromatic heterocycles. The van der Waals surface area contributed by atoms with Crippen LogP contribution in [-0.4, -0.2) is 33.0 Å². The Morgan fingerprint density at radius 2 is 2.00 bits per heavy atom. The Hall–Kier alpha value is -3.55. The summed E-state index contributed by atoms with van der Waals surface area (Å²) in [5, 5.41) is 13.2. The molecule has 7 nitrogen and oxygen atoms in total. The second kappa shape index (κ2) is 7.59. The summed E-state index contributed by atoms with van der Waals surface area (Å²) in [7, 11) is 0. The number of carbonyl (C=O) groups excluding carboxylic acids is 2. The smallest absolute Gasteiger partial charge is 0.289 e. The first-order valence-electron chi connectivity index (χ1n) is 8.94. The number of halogens is 1. The van der Waals surface area contributed by atoms with Gasteiger partial charge in [-0.3, -0.25) is 9.59 Å². The third kappa shape index (κ3) is 3.90. The van der Waals surface area contributed by atoms with Crippen molar-refractivity contribution in [3.63, 3.8) is 0 Å². The molecule has 0 radical (unpaired) electrons. The molecule has 0 unspecified atom stereocenters. The monoisotopic (exact) mass is 379 g/mol. The molecule has 4 rings (SSSR count). The fraction of sp³-hybridized carbons (Fsp3) is 0.200. The van der Waals surface area contributed by atoms with Crippen LogP contribution in [0.3, 0.4) is 0 Å². The maximum Gasteiger partial charge on any atom is 0.289 e. The van der Waals surface area contributed by atoms with Gasteiger partial charge in [0.1, 0.15) is 17.7 Å². The third-order valence-corrected chi connectivity index (χ3v) is 4.62. The standard InChI is InChI=1S/C20H18FN5O2/c21-14-8-6-13-7-9-15(19(27)23-16(13)11-14)22-20(28)18-24-17(25-26-18)10-12-4-2-1-3-5-12/h1-6,8,11,15H,7,9-10H2,(H,22,28)(H,23,27)(H,24,25,26)/t15-/m0/s1. The van der Waals surface area contributed by atoms with Crippen molar-refractivity contribution in [2.24, 2.45) is 0 Å². The molecule has 1 aliphatic rings. The van der Waals surface area contributed by atoms with Gasteiger partial charge >= 0.3 is 0 Å². The van der Waals surface area contributed by atoms with E-state index in [0.29, 0.717) is 30.8 Å². The largest absolute Gasteiger partial charge is 0.337 e. The molecule has 0 fully saturated rings. The van der Waals surface area contributed by atoms with Gasteiger partial charge in [0.25, 0.3) is 5.91 Å². The van der Waals surface area contributed by atoms with E-state index in [1.165, 1.54) is 12.1 Å². The van der Waals surface area contributed by atoms with Gasteiger partial charge in [0, 0.05) is 12.1 Å². The second-order valence-corrected chi connectivity index (χ2v) is 6.64. The molecule has 142 valence electrons. The van der Waals surface area contributed by atoms with Gasteiger partial charge in [0.05, 0.1) is 0 Å². The quantitative estimate of drug-likeness (QED) is 0.647. The summed E-state index contributed by atoms with van der Waals surface area (Å²) in [6.07, 6.45) is 1.46. The van der Waals surface area contributed by atoms with Crippen molar-refractivity contribution in [2.75, 3.05) is 5.32 Å². The van der Waals surface area contributed by atoms with Crippen LogP contribution < -0.4 is 10.6 Å². The van der Waals surface area contributed by atoms with E-state index in [9.17, 15) is 14.0 Å². The zero-order valence-corrected chi connectivity index (χ0v) is 14.9. The van der Waals surface area contributed by atoms with Gasteiger partial charge in [-0.15, -0.1) is 10.2 Å². The normalized spacial score (nSPS) is 16.0. The molecule has 1 aliphatic heterocycles. The van der Waals surface area contributed by atoms with Gasteiger partial charge in [-0.25, -0.2) is 4.39 Å². The molecule has 1 atom stereocenters. The number of aromatic amines is 1. The van der Waals surface area contributed by atoms with Crippen LogP contribution in [0.2, 0.25) is 0 Å². The van der Waals surface area contributed by atoms with E-state index in [1.807, 2.05) is 30.3 Å². The van der Waals surface area contributed by atoms with Gasteiger partial charge in [-0.05, 0) is 36.1 Å². The van der Waals surface area contributed by atoms with E-state index >= 15 is 0 Å². The van der Waals surface area contributed by atoms with Crippen molar-refractivity contribution in [1.29, 1.82) is 0 Å². The molecule has 0 saturated carbocycles. The van der Waals surface area contributed by atoms with Crippen molar-refractivity contribution in [1.82, 2.24) is 20.5 Å². The number of nitrogens with zero attached hydrogens (tertiary/aromatic N) is 2. The number of rotatable bonds is 4. The van der Waals surface area contributed by atoms with Crippen molar-refractivity contribution < 1.29 is 14.0 Å². The summed E-state index contributed by atoms with van der Waals surface area (Å²) >= 11 is 0. The lowest BCUT2D eigenvalue weighted by Crippen LogP contribution is -2.43. The molecule has 8 heteroatoms. The first-order valence-corrected chi connectivity index (χ1v) is 8.94. The van der Waals surface area contributed by atoms with Crippen molar-refractivity contribution in [3.8, 4) is 0 Å². The van der Waals surface area contributed by atoms with Crippen molar-refractivity contribution >= 4 is 17.5 Å². The van der Waals surface area contributed by atoms with Crippen LogP contribution in [0, 0.1) is 5.82 Å². The van der Waals surface area contributed by atoms with E-state index in [-0.39, 0.29) is 11.7 Å². The topological polar surface area (TPSA) is 99.8 Å². The summed E-state index contributed by atoms with van der Waals surface area (Å²) in [6.45, 7) is 0. The highest BCUT2D eigenvalue weighted by atomic mass is 19.1. The summed E-state index contributed by atoms with van der Waals surface area (Å²) in [4.78, 5) is 27.8. The Balaban J connectivity index is 1.42. The molecular weight excluding hydrogens is 361 g/mol. The molecule has 2 aromatic carbocycles. The van der Waals surface area contributed by atoms with Crippen LogP contribution in [-0.2, 0) is 17.6 Å². The van der Waals surface area contributed by atoms with Gasteiger partial charge in [-0.1, -0.05) is 36.4 Å². The first-order chi connectivity index (χ1) is 13.6. The van der Waals surface area contributed by atoms with Crippen LogP contribution in [0.4, 0.5) is 10.1 Å². The average molecular weight is 379 g/mol. The number of hydrogen-bond donors (Lipinski definition) is 3. The lowest BCUT2D eigenvalue weighted by atomic mass is 10.1. The second-order valence-electron chi connectivity index (χ2n) is 6.64. The van der Waals surface area contributed by atoms with Crippen molar-refractivity contribution in [3.05, 3.63) is 77.1 Å². The predicted molar refractivity (Wildman–Crippen MR) is 100 cm³/mol. The van der Waals surface area contributed by atoms with Gasteiger partial charge in [0.2, 0.25) is 11.7 Å². The number of carbonyl (C=O) groups is 2. The van der Waals surface area contributed by atoms with E-state index < -0.39 is 17.8 Å². The average Bonchev–Trinajstić information content (AvgIpc) is 3.09. The number of amides is 2. The van der Waals surface area contributed by atoms with Crippen LogP contribution in [0.25, 0.3) is 0 Å². The van der Waals surface area contributed by atoms with E-state index in [1.54, 1.807) is 6.07 Å². The van der Waals surface area contributed by atoms with Crippen LogP contribution >= 0.6 is 0 Å². The Kier molecular flexibility index (Phi) is 4.84. The molecule has 28 heavy (non-hydrogen) atoms. The Morgan fingerprint density at radius 1 is 1.18 bits per heavy atom. The van der Waals surface area contributed by atoms with Gasteiger partial charge in [0.15, 0.2) is 0 Å². The van der Waals surface area contributed by atoms with E-state index in [2.05, 4.69) is 25.8 Å². The molecule has 3 aromatic rings. The van der Waals surface area contributed by atoms with Crippen LogP contribution in [0.15, 0.2) is 48.5 Å². The molecule has 2 amide bonds. The Morgan fingerprint density at radius 3 is 2.82 bits per heavy atom. The maximum atomic E-state index is 13.4. The zero-order valence-electron chi connectivity index (χ0n) is 14.9. The van der Waals surface area contributed by atoms with E-state index in [4.69, 9.17) is 0 Å². The number of hydrogen-bond acceptors (Lipinski definition) is 4. The van der Waals surface area contributed by atoms with Gasteiger partial charge < -0.3 is 15.6 Å². The number of benzene rings is 2. The molecule has 0 bridgehead atoms. The fourth-order valence-corrected chi connectivity index (χ4v) is 3.17. The number of H-pyrrole nitrogens is 1.